The summed E-state index contributed by atoms with van der Waals surface area (Å²) >= 11 is 0. The molecule has 0 spiro atoms. The van der Waals surface area contributed by atoms with Crippen molar-refractivity contribution < 1.29 is 0 Å². The van der Waals surface area contributed by atoms with Gasteiger partial charge in [-0.05, 0) is 49.9 Å². The van der Waals surface area contributed by atoms with Crippen molar-refractivity contribution in [2.75, 3.05) is 0 Å². The zero-order valence-electron chi connectivity index (χ0n) is 11.6. The average molecular weight is 222 g/mol. The first kappa shape index (κ1) is 13.8. The molecular weight excluding hydrogens is 192 g/mol. The van der Waals surface area contributed by atoms with E-state index in [1.54, 1.807) is 0 Å². The molecule has 3 unspecified atom stereocenters. The van der Waals surface area contributed by atoms with Crippen molar-refractivity contribution >= 4 is 0 Å². The van der Waals surface area contributed by atoms with Crippen molar-refractivity contribution in [3.05, 3.63) is 12.2 Å². The van der Waals surface area contributed by atoms with E-state index in [0.717, 1.165) is 17.8 Å². The fourth-order valence-corrected chi connectivity index (χ4v) is 3.42. The third-order valence-corrected chi connectivity index (χ3v) is 4.55. The largest absolute Gasteiger partial charge is 0.0999 e. The summed E-state index contributed by atoms with van der Waals surface area (Å²) in [5.74, 6) is 3.16. The smallest absolute Gasteiger partial charge is 0.0323 e. The van der Waals surface area contributed by atoms with Gasteiger partial charge in [-0.3, -0.25) is 0 Å². The Bertz CT molecular complexity index is 204. The molecule has 0 aromatic heterocycles. The van der Waals surface area contributed by atoms with Gasteiger partial charge in [0.15, 0.2) is 0 Å². The zero-order valence-corrected chi connectivity index (χ0v) is 11.6. The van der Waals surface area contributed by atoms with E-state index in [-0.39, 0.29) is 0 Å². The van der Waals surface area contributed by atoms with Crippen molar-refractivity contribution in [1.82, 2.24) is 0 Å². The lowest BCUT2D eigenvalue weighted by atomic mass is 9.60. The molecule has 0 aliphatic heterocycles. The first-order valence-corrected chi connectivity index (χ1v) is 7.39. The molecule has 0 heterocycles. The predicted molar refractivity (Wildman–Crippen MR) is 73.6 cm³/mol. The summed E-state index contributed by atoms with van der Waals surface area (Å²) in [6.45, 7) is 11.0. The summed E-state index contributed by atoms with van der Waals surface area (Å²) in [5.41, 5.74) is 1.44. The van der Waals surface area contributed by atoms with Gasteiger partial charge >= 0.3 is 0 Å². The lowest BCUT2D eigenvalue weighted by Gasteiger charge is -2.45. The fraction of sp³-hybridized carbons (Fsp3) is 0.875. The molecule has 0 heteroatoms. The second-order valence-corrected chi connectivity index (χ2v) is 5.61. The topological polar surface area (TPSA) is 0 Å². The van der Waals surface area contributed by atoms with Crippen LogP contribution in [0.15, 0.2) is 12.2 Å². The maximum Gasteiger partial charge on any atom is -0.0323 e. The van der Waals surface area contributed by atoms with E-state index in [0.29, 0.717) is 0 Å². The summed E-state index contributed by atoms with van der Waals surface area (Å²) in [4.78, 5) is 0. The molecule has 0 N–H and O–H groups in total. The van der Waals surface area contributed by atoms with Gasteiger partial charge in [0.2, 0.25) is 0 Å². The van der Waals surface area contributed by atoms with Crippen LogP contribution in [0.5, 0.6) is 0 Å². The van der Waals surface area contributed by atoms with E-state index in [1.165, 1.54) is 56.9 Å². The summed E-state index contributed by atoms with van der Waals surface area (Å²) in [7, 11) is 0. The minimum absolute atomic E-state index is 1.05. The van der Waals surface area contributed by atoms with Gasteiger partial charge < -0.3 is 0 Å². The SMILES string of the molecule is C=C(CC)CCCC1CC(CCC)C1CC. The second-order valence-electron chi connectivity index (χ2n) is 5.61. The van der Waals surface area contributed by atoms with Gasteiger partial charge in [-0.1, -0.05) is 52.2 Å². The molecule has 1 fully saturated rings. The van der Waals surface area contributed by atoms with E-state index in [2.05, 4.69) is 27.4 Å². The Morgan fingerprint density at radius 3 is 2.38 bits per heavy atom. The summed E-state index contributed by atoms with van der Waals surface area (Å²) < 4.78 is 0. The first-order valence-electron chi connectivity index (χ1n) is 7.39. The van der Waals surface area contributed by atoms with E-state index < -0.39 is 0 Å². The van der Waals surface area contributed by atoms with E-state index in [9.17, 15) is 0 Å². The molecule has 0 aromatic carbocycles. The predicted octanol–water partition coefficient (Wildman–Crippen LogP) is 5.59. The number of rotatable bonds is 8. The summed E-state index contributed by atoms with van der Waals surface area (Å²) in [5, 5.41) is 0. The highest BCUT2D eigenvalue weighted by atomic mass is 14.4. The van der Waals surface area contributed by atoms with E-state index in [1.807, 2.05) is 0 Å². The molecule has 1 aliphatic rings. The van der Waals surface area contributed by atoms with Crippen LogP contribution in [0.3, 0.4) is 0 Å². The molecule has 1 rings (SSSR count). The summed E-state index contributed by atoms with van der Waals surface area (Å²) in [6.07, 6.45) is 11.0. The second kappa shape index (κ2) is 7.14. The monoisotopic (exact) mass is 222 g/mol. The van der Waals surface area contributed by atoms with Gasteiger partial charge in [0.25, 0.3) is 0 Å². The Balaban J connectivity index is 2.17. The first-order chi connectivity index (χ1) is 7.72. The highest BCUT2D eigenvalue weighted by Gasteiger charge is 2.37. The van der Waals surface area contributed by atoms with Crippen LogP contribution >= 0.6 is 0 Å². The fourth-order valence-electron chi connectivity index (χ4n) is 3.42. The standard InChI is InChI=1S/C16H30/c1-5-9-14-12-15(16(14)7-3)11-8-10-13(4)6-2/h14-16H,4-12H2,1-3H3. The maximum atomic E-state index is 4.10. The molecule has 94 valence electrons. The van der Waals surface area contributed by atoms with Crippen molar-refractivity contribution in [2.24, 2.45) is 17.8 Å². The van der Waals surface area contributed by atoms with Crippen LogP contribution in [0.1, 0.15) is 72.1 Å². The van der Waals surface area contributed by atoms with Gasteiger partial charge in [-0.2, -0.15) is 0 Å². The van der Waals surface area contributed by atoms with Gasteiger partial charge in [-0.25, -0.2) is 0 Å². The third-order valence-electron chi connectivity index (χ3n) is 4.55. The molecule has 16 heavy (non-hydrogen) atoms. The van der Waals surface area contributed by atoms with Crippen molar-refractivity contribution in [3.8, 4) is 0 Å². The Morgan fingerprint density at radius 1 is 1.12 bits per heavy atom. The quantitative estimate of drug-likeness (QED) is 0.470. The van der Waals surface area contributed by atoms with Crippen LogP contribution in [0.2, 0.25) is 0 Å². The Hall–Kier alpha value is -0.260. The summed E-state index contributed by atoms with van der Waals surface area (Å²) in [6, 6.07) is 0. The lowest BCUT2D eigenvalue weighted by Crippen LogP contribution is -2.36. The van der Waals surface area contributed by atoms with Crippen molar-refractivity contribution in [3.63, 3.8) is 0 Å². The van der Waals surface area contributed by atoms with Crippen molar-refractivity contribution in [1.29, 1.82) is 0 Å². The Labute approximate surface area is 103 Å². The van der Waals surface area contributed by atoms with Gasteiger partial charge in [0.1, 0.15) is 0 Å². The highest BCUT2D eigenvalue weighted by molar-refractivity contribution is 4.93. The molecule has 0 radical (unpaired) electrons. The average Bonchev–Trinajstić information content (AvgIpc) is 2.26. The maximum absolute atomic E-state index is 4.10. The normalized spacial score (nSPS) is 28.8. The number of allylic oxidation sites excluding steroid dienone is 1. The third kappa shape index (κ3) is 3.64. The molecule has 0 amide bonds. The van der Waals surface area contributed by atoms with Gasteiger partial charge in [0, 0.05) is 0 Å². The van der Waals surface area contributed by atoms with Crippen LogP contribution < -0.4 is 0 Å². The molecule has 3 atom stereocenters. The van der Waals surface area contributed by atoms with E-state index in [4.69, 9.17) is 0 Å². The molecule has 0 nitrogen and oxygen atoms in total. The van der Waals surface area contributed by atoms with Crippen LogP contribution in [0.25, 0.3) is 0 Å². The zero-order chi connectivity index (χ0) is 12.0. The van der Waals surface area contributed by atoms with Gasteiger partial charge in [-0.15, -0.1) is 0 Å². The Morgan fingerprint density at radius 2 is 1.81 bits per heavy atom. The van der Waals surface area contributed by atoms with Crippen LogP contribution in [-0.2, 0) is 0 Å². The van der Waals surface area contributed by atoms with E-state index >= 15 is 0 Å². The van der Waals surface area contributed by atoms with Crippen LogP contribution in [0.4, 0.5) is 0 Å². The van der Waals surface area contributed by atoms with Crippen LogP contribution in [0, 0.1) is 17.8 Å². The molecule has 0 aromatic rings. The molecule has 1 saturated carbocycles. The molecule has 0 bridgehead atoms. The number of hydrogen-bond donors (Lipinski definition) is 0. The minimum atomic E-state index is 1.05. The van der Waals surface area contributed by atoms with Crippen LogP contribution in [-0.4, -0.2) is 0 Å². The highest BCUT2D eigenvalue weighted by Crippen LogP contribution is 2.47. The molecule has 1 aliphatic carbocycles. The Kier molecular flexibility index (Phi) is 6.16. The molecular formula is C16H30. The number of hydrogen-bond acceptors (Lipinski definition) is 0. The lowest BCUT2D eigenvalue weighted by molar-refractivity contribution is 0.0516. The minimum Gasteiger partial charge on any atom is -0.0999 e. The van der Waals surface area contributed by atoms with Crippen molar-refractivity contribution in [2.45, 2.75) is 72.1 Å². The molecule has 0 saturated heterocycles. The van der Waals surface area contributed by atoms with Gasteiger partial charge in [0.05, 0.1) is 0 Å².